The molecule has 2 aliphatic heterocycles. The fourth-order valence-corrected chi connectivity index (χ4v) is 5.50. The summed E-state index contributed by atoms with van der Waals surface area (Å²) in [5.41, 5.74) is 5.20. The van der Waals surface area contributed by atoms with Crippen molar-refractivity contribution in [2.75, 3.05) is 57.0 Å². The molecule has 1 saturated heterocycles. The average molecular weight is 564 g/mol. The number of amides is 1. The van der Waals surface area contributed by atoms with Gasteiger partial charge in [0.1, 0.15) is 0 Å². The van der Waals surface area contributed by atoms with E-state index in [1.807, 2.05) is 60.8 Å². The monoisotopic (exact) mass is 563 g/mol. The number of carbonyl (C=O) groups excluding carboxylic acids is 3. The van der Waals surface area contributed by atoms with Crippen molar-refractivity contribution in [3.63, 3.8) is 0 Å². The normalized spacial score (nSPS) is 16.7. The van der Waals surface area contributed by atoms with E-state index in [-0.39, 0.29) is 18.4 Å². The second-order valence-electron chi connectivity index (χ2n) is 10.6. The molecule has 0 spiro atoms. The highest BCUT2D eigenvalue weighted by Crippen LogP contribution is 2.38. The van der Waals surface area contributed by atoms with Gasteiger partial charge in [-0.15, -0.1) is 0 Å². The predicted octanol–water partition coefficient (Wildman–Crippen LogP) is 4.64. The van der Waals surface area contributed by atoms with Gasteiger partial charge in [0.05, 0.1) is 41.2 Å². The van der Waals surface area contributed by atoms with Crippen molar-refractivity contribution in [3.8, 4) is 0 Å². The molecule has 42 heavy (non-hydrogen) atoms. The highest BCUT2D eigenvalue weighted by atomic mass is 16.5. The Hall–Kier alpha value is -4.73. The molecule has 1 fully saturated rings. The molecule has 1 aromatic heterocycles. The third-order valence-corrected chi connectivity index (χ3v) is 7.77. The van der Waals surface area contributed by atoms with E-state index in [1.54, 1.807) is 29.7 Å². The van der Waals surface area contributed by atoms with Crippen LogP contribution in [0.4, 0.5) is 11.4 Å². The lowest BCUT2D eigenvalue weighted by Crippen LogP contribution is -2.46. The molecule has 0 unspecified atom stereocenters. The third kappa shape index (κ3) is 5.44. The summed E-state index contributed by atoms with van der Waals surface area (Å²) in [7, 11) is 2.10. The molecule has 4 aromatic rings. The lowest BCUT2D eigenvalue weighted by atomic mass is 9.99. The number of piperazine rings is 1. The van der Waals surface area contributed by atoms with Crippen LogP contribution < -0.4 is 10.6 Å². The maximum absolute atomic E-state index is 13.3. The van der Waals surface area contributed by atoms with E-state index in [4.69, 9.17) is 4.74 Å². The van der Waals surface area contributed by atoms with Crippen LogP contribution in [0, 0.1) is 0 Å². The van der Waals surface area contributed by atoms with Crippen molar-refractivity contribution >= 4 is 51.3 Å². The fourth-order valence-electron chi connectivity index (χ4n) is 5.50. The Morgan fingerprint density at radius 1 is 0.929 bits per heavy atom. The standard InChI is InChI=1S/C33H33N5O4/c1-3-42-33(41)24-9-11-26-27(20-24)35-32(40)30(26)31(22-7-5-4-6-8-22)34-25-10-12-28-23(19-25)13-14-38(28)29(39)21-37-17-15-36(2)16-18-37/h4-14,19-20,34H,3,15-18,21H2,1-2H3,(H,35,40)/b31-30-. The summed E-state index contributed by atoms with van der Waals surface area (Å²) < 4.78 is 6.85. The molecular formula is C33H33N5O4. The van der Waals surface area contributed by atoms with Gasteiger partial charge >= 0.3 is 5.97 Å². The Morgan fingerprint density at radius 2 is 1.71 bits per heavy atom. The van der Waals surface area contributed by atoms with Crippen molar-refractivity contribution < 1.29 is 19.1 Å². The van der Waals surface area contributed by atoms with E-state index in [0.717, 1.165) is 48.3 Å². The van der Waals surface area contributed by atoms with Crippen LogP contribution in [0.5, 0.6) is 0 Å². The number of aromatic nitrogens is 1. The number of anilines is 2. The molecule has 6 rings (SSSR count). The van der Waals surface area contributed by atoms with E-state index in [1.165, 1.54) is 0 Å². The maximum Gasteiger partial charge on any atom is 0.338 e. The third-order valence-electron chi connectivity index (χ3n) is 7.77. The summed E-state index contributed by atoms with van der Waals surface area (Å²) in [6.07, 6.45) is 1.82. The number of hydrogen-bond donors (Lipinski definition) is 2. The van der Waals surface area contributed by atoms with Crippen molar-refractivity contribution in [3.05, 3.63) is 95.7 Å². The lowest BCUT2D eigenvalue weighted by molar-refractivity contribution is -0.110. The van der Waals surface area contributed by atoms with Crippen molar-refractivity contribution in [2.45, 2.75) is 6.92 Å². The topological polar surface area (TPSA) is 95.9 Å². The number of rotatable bonds is 7. The van der Waals surface area contributed by atoms with Gasteiger partial charge in [-0.05, 0) is 55.9 Å². The Kier molecular flexibility index (Phi) is 7.60. The van der Waals surface area contributed by atoms with Crippen LogP contribution in [-0.2, 0) is 9.53 Å². The van der Waals surface area contributed by atoms with Gasteiger partial charge in [-0.25, -0.2) is 4.79 Å². The zero-order valence-electron chi connectivity index (χ0n) is 23.7. The minimum absolute atomic E-state index is 0.0452. The van der Waals surface area contributed by atoms with Crippen molar-refractivity contribution in [1.29, 1.82) is 0 Å². The first-order chi connectivity index (χ1) is 20.4. The number of ether oxygens (including phenoxy) is 1. The smallest absolute Gasteiger partial charge is 0.338 e. The largest absolute Gasteiger partial charge is 0.462 e. The van der Waals surface area contributed by atoms with Crippen molar-refractivity contribution in [2.24, 2.45) is 0 Å². The molecule has 9 nitrogen and oxygen atoms in total. The summed E-state index contributed by atoms with van der Waals surface area (Å²) in [4.78, 5) is 43.2. The molecule has 0 aliphatic carbocycles. The van der Waals surface area contributed by atoms with Gasteiger partial charge in [0.25, 0.3) is 5.91 Å². The quantitative estimate of drug-likeness (QED) is 0.250. The van der Waals surface area contributed by atoms with E-state index in [9.17, 15) is 14.4 Å². The number of benzene rings is 3. The van der Waals surface area contributed by atoms with Crippen LogP contribution in [0.15, 0.2) is 79.0 Å². The Labute approximate surface area is 244 Å². The molecule has 2 aliphatic rings. The highest BCUT2D eigenvalue weighted by molar-refractivity contribution is 6.37. The second kappa shape index (κ2) is 11.6. The molecule has 0 saturated carbocycles. The number of hydrogen-bond acceptors (Lipinski definition) is 7. The zero-order valence-corrected chi connectivity index (χ0v) is 23.7. The summed E-state index contributed by atoms with van der Waals surface area (Å²) >= 11 is 0. The van der Waals surface area contributed by atoms with Gasteiger partial charge in [-0.3, -0.25) is 19.1 Å². The molecular weight excluding hydrogens is 530 g/mol. The molecule has 214 valence electrons. The summed E-state index contributed by atoms with van der Waals surface area (Å²) in [6, 6.07) is 22.5. The van der Waals surface area contributed by atoms with E-state index in [2.05, 4.69) is 27.5 Å². The SMILES string of the molecule is CCOC(=O)c1ccc2c(c1)NC(=O)/C2=C(\Nc1ccc2c(ccn2C(=O)CN2CCN(C)CC2)c1)c1ccccc1. The molecule has 2 N–H and O–H groups in total. The molecule has 3 heterocycles. The molecule has 0 radical (unpaired) electrons. The number of nitrogens with zero attached hydrogens (tertiary/aromatic N) is 3. The minimum Gasteiger partial charge on any atom is -0.462 e. The number of esters is 1. The van der Waals surface area contributed by atoms with E-state index in [0.29, 0.717) is 34.6 Å². The molecule has 3 aromatic carbocycles. The Balaban J connectivity index is 1.32. The van der Waals surface area contributed by atoms with E-state index >= 15 is 0 Å². The van der Waals surface area contributed by atoms with Gasteiger partial charge in [-0.1, -0.05) is 36.4 Å². The second-order valence-corrected chi connectivity index (χ2v) is 10.6. The molecule has 0 bridgehead atoms. The highest BCUT2D eigenvalue weighted by Gasteiger charge is 2.29. The maximum atomic E-state index is 13.3. The van der Waals surface area contributed by atoms with Crippen LogP contribution in [0.25, 0.3) is 22.2 Å². The number of carbonyl (C=O) groups is 3. The Bertz CT molecular complexity index is 1700. The van der Waals surface area contributed by atoms with Crippen LogP contribution in [0.3, 0.4) is 0 Å². The van der Waals surface area contributed by atoms with Gasteiger partial charge in [0.15, 0.2) is 0 Å². The first kappa shape index (κ1) is 27.4. The Morgan fingerprint density at radius 3 is 2.48 bits per heavy atom. The zero-order chi connectivity index (χ0) is 29.2. The van der Waals surface area contributed by atoms with Crippen LogP contribution in [0.2, 0.25) is 0 Å². The summed E-state index contributed by atoms with van der Waals surface area (Å²) in [6.45, 7) is 6.10. The number of fused-ring (bicyclic) bond motifs is 2. The fraction of sp³-hybridized carbons (Fsp3) is 0.242. The van der Waals surface area contributed by atoms with Crippen LogP contribution in [0.1, 0.15) is 33.2 Å². The minimum atomic E-state index is -0.435. The molecule has 9 heteroatoms. The first-order valence-electron chi connectivity index (χ1n) is 14.2. The van der Waals surface area contributed by atoms with Gasteiger partial charge < -0.3 is 20.3 Å². The molecule has 0 atom stereocenters. The number of nitrogens with one attached hydrogen (secondary N) is 2. The molecule has 1 amide bonds. The van der Waals surface area contributed by atoms with Gasteiger partial charge in [0.2, 0.25) is 5.91 Å². The summed E-state index contributed by atoms with van der Waals surface area (Å²) in [5, 5.41) is 7.31. The van der Waals surface area contributed by atoms with Crippen LogP contribution >= 0.6 is 0 Å². The lowest BCUT2D eigenvalue weighted by Gasteiger charge is -2.31. The van der Waals surface area contributed by atoms with Crippen LogP contribution in [-0.4, -0.2) is 78.5 Å². The summed E-state index contributed by atoms with van der Waals surface area (Å²) in [5.74, 6) is -0.654. The number of likely N-dealkylation sites (N-methyl/N-ethyl adjacent to an activating group) is 1. The van der Waals surface area contributed by atoms with Crippen molar-refractivity contribution in [1.82, 2.24) is 14.4 Å². The van der Waals surface area contributed by atoms with Gasteiger partial charge in [0, 0.05) is 49.0 Å². The predicted molar refractivity (Wildman–Crippen MR) is 164 cm³/mol. The van der Waals surface area contributed by atoms with Gasteiger partial charge in [-0.2, -0.15) is 0 Å². The first-order valence-corrected chi connectivity index (χ1v) is 14.2. The van der Waals surface area contributed by atoms with E-state index < -0.39 is 5.97 Å². The average Bonchev–Trinajstić information content (AvgIpc) is 3.57.